The van der Waals surface area contributed by atoms with Gasteiger partial charge in [0.05, 0.1) is 11.7 Å². The molecule has 0 fully saturated rings. The number of nitrogens with one attached hydrogen (secondary N) is 1. The van der Waals surface area contributed by atoms with E-state index in [1.165, 1.54) is 23.7 Å². The average molecular weight is 252 g/mol. The Labute approximate surface area is 103 Å². The first-order chi connectivity index (χ1) is 8.20. The summed E-state index contributed by atoms with van der Waals surface area (Å²) in [6, 6.07) is 4.64. The maximum Gasteiger partial charge on any atom is 0.123 e. The molecular formula is C11H13FN4S. The second-order valence-electron chi connectivity index (χ2n) is 3.82. The summed E-state index contributed by atoms with van der Waals surface area (Å²) in [5, 5.41) is 5.83. The van der Waals surface area contributed by atoms with Crippen LogP contribution >= 0.6 is 11.5 Å². The average Bonchev–Trinajstić information content (AvgIpc) is 2.81. The fourth-order valence-corrected chi connectivity index (χ4v) is 2.19. The van der Waals surface area contributed by atoms with E-state index in [1.54, 1.807) is 6.07 Å². The second-order valence-corrected chi connectivity index (χ2v) is 4.43. The van der Waals surface area contributed by atoms with Crippen LogP contribution in [-0.4, -0.2) is 9.59 Å². The minimum absolute atomic E-state index is 0.0992. The third-order valence-corrected chi connectivity index (χ3v) is 3.19. The fourth-order valence-electron chi connectivity index (χ4n) is 1.68. The number of hydrogen-bond acceptors (Lipinski definition) is 5. The number of benzene rings is 1. The zero-order valence-electron chi connectivity index (χ0n) is 9.35. The van der Waals surface area contributed by atoms with Gasteiger partial charge in [-0.3, -0.25) is 11.3 Å². The van der Waals surface area contributed by atoms with Gasteiger partial charge in [0.2, 0.25) is 0 Å². The summed E-state index contributed by atoms with van der Waals surface area (Å²) < 4.78 is 16.8. The highest BCUT2D eigenvalue weighted by atomic mass is 32.1. The van der Waals surface area contributed by atoms with Gasteiger partial charge in [0.25, 0.3) is 0 Å². The van der Waals surface area contributed by atoms with Crippen LogP contribution in [0.5, 0.6) is 0 Å². The molecule has 1 atom stereocenters. The summed E-state index contributed by atoms with van der Waals surface area (Å²) >= 11 is 1.28. The van der Waals surface area contributed by atoms with Crippen LogP contribution < -0.4 is 11.3 Å². The summed E-state index contributed by atoms with van der Waals surface area (Å²) in [4.78, 5) is 0. The van der Waals surface area contributed by atoms with E-state index < -0.39 is 0 Å². The Bertz CT molecular complexity index is 486. The molecule has 0 aliphatic heterocycles. The molecular weight excluding hydrogens is 239 g/mol. The van der Waals surface area contributed by atoms with Crippen molar-refractivity contribution in [3.8, 4) is 0 Å². The molecule has 2 rings (SSSR count). The fraction of sp³-hybridized carbons (Fsp3) is 0.273. The van der Waals surface area contributed by atoms with Crippen molar-refractivity contribution in [2.24, 2.45) is 5.84 Å². The smallest absolute Gasteiger partial charge is 0.123 e. The van der Waals surface area contributed by atoms with Gasteiger partial charge in [-0.2, -0.15) is 0 Å². The van der Waals surface area contributed by atoms with Crippen molar-refractivity contribution in [2.75, 3.05) is 0 Å². The third-order valence-electron chi connectivity index (χ3n) is 2.66. The molecule has 0 saturated heterocycles. The Morgan fingerprint density at radius 2 is 2.35 bits per heavy atom. The van der Waals surface area contributed by atoms with Gasteiger partial charge < -0.3 is 0 Å². The van der Waals surface area contributed by atoms with Crippen molar-refractivity contribution in [1.29, 1.82) is 0 Å². The molecule has 1 unspecified atom stereocenters. The molecule has 3 N–H and O–H groups in total. The van der Waals surface area contributed by atoms with Crippen molar-refractivity contribution in [3.05, 3.63) is 46.2 Å². The Hall–Kier alpha value is -1.37. The van der Waals surface area contributed by atoms with Crippen molar-refractivity contribution in [3.63, 3.8) is 0 Å². The van der Waals surface area contributed by atoms with Crippen LogP contribution in [0, 0.1) is 12.7 Å². The lowest BCUT2D eigenvalue weighted by molar-refractivity contribution is 0.535. The van der Waals surface area contributed by atoms with E-state index in [9.17, 15) is 4.39 Å². The van der Waals surface area contributed by atoms with E-state index in [-0.39, 0.29) is 11.9 Å². The van der Waals surface area contributed by atoms with Crippen LogP contribution in [0.4, 0.5) is 4.39 Å². The molecule has 0 radical (unpaired) electrons. The van der Waals surface area contributed by atoms with Crippen molar-refractivity contribution in [1.82, 2.24) is 15.0 Å². The number of nitrogens with two attached hydrogens (primary N) is 1. The number of rotatable bonds is 4. The molecule has 4 nitrogen and oxygen atoms in total. The maximum absolute atomic E-state index is 13.0. The summed E-state index contributed by atoms with van der Waals surface area (Å²) in [7, 11) is 0. The third kappa shape index (κ3) is 2.85. The number of aromatic nitrogens is 2. The quantitative estimate of drug-likeness (QED) is 0.642. The molecule has 1 aromatic heterocycles. The molecule has 0 amide bonds. The van der Waals surface area contributed by atoms with E-state index in [2.05, 4.69) is 15.0 Å². The second kappa shape index (κ2) is 5.31. The van der Waals surface area contributed by atoms with Gasteiger partial charge in [-0.05, 0) is 48.1 Å². The zero-order chi connectivity index (χ0) is 12.3. The largest absolute Gasteiger partial charge is 0.271 e. The molecule has 0 aliphatic carbocycles. The van der Waals surface area contributed by atoms with Crippen LogP contribution in [0.25, 0.3) is 0 Å². The molecule has 0 bridgehead atoms. The van der Waals surface area contributed by atoms with E-state index in [1.807, 2.05) is 12.3 Å². The highest BCUT2D eigenvalue weighted by Gasteiger charge is 2.14. The SMILES string of the molecule is Cc1cc(F)ccc1CC(NN)c1csnn1. The number of aryl methyl sites for hydroxylation is 1. The van der Waals surface area contributed by atoms with Crippen molar-refractivity contribution < 1.29 is 4.39 Å². The predicted octanol–water partition coefficient (Wildman–Crippen LogP) is 1.73. The minimum atomic E-state index is -0.223. The van der Waals surface area contributed by atoms with E-state index in [0.29, 0.717) is 6.42 Å². The van der Waals surface area contributed by atoms with Crippen LogP contribution in [0.3, 0.4) is 0 Å². The molecule has 0 aliphatic rings. The molecule has 1 aromatic carbocycles. The highest BCUT2D eigenvalue weighted by molar-refractivity contribution is 7.03. The Balaban J connectivity index is 2.19. The highest BCUT2D eigenvalue weighted by Crippen LogP contribution is 2.19. The monoisotopic (exact) mass is 252 g/mol. The zero-order valence-corrected chi connectivity index (χ0v) is 10.2. The van der Waals surface area contributed by atoms with E-state index in [0.717, 1.165) is 16.8 Å². The maximum atomic E-state index is 13.0. The first-order valence-corrected chi connectivity index (χ1v) is 6.02. The predicted molar refractivity (Wildman–Crippen MR) is 64.8 cm³/mol. The Morgan fingerprint density at radius 1 is 1.53 bits per heavy atom. The Kier molecular flexibility index (Phi) is 3.78. The van der Waals surface area contributed by atoms with Gasteiger partial charge in [0.15, 0.2) is 0 Å². The first kappa shape index (κ1) is 12.1. The molecule has 90 valence electrons. The summed E-state index contributed by atoms with van der Waals surface area (Å²) in [5.41, 5.74) is 5.47. The van der Waals surface area contributed by atoms with Gasteiger partial charge in [-0.25, -0.2) is 4.39 Å². The van der Waals surface area contributed by atoms with E-state index >= 15 is 0 Å². The molecule has 17 heavy (non-hydrogen) atoms. The van der Waals surface area contributed by atoms with E-state index in [4.69, 9.17) is 5.84 Å². The van der Waals surface area contributed by atoms with Crippen LogP contribution in [0.15, 0.2) is 23.6 Å². The van der Waals surface area contributed by atoms with Crippen LogP contribution in [0.2, 0.25) is 0 Å². The first-order valence-electron chi connectivity index (χ1n) is 5.19. The lowest BCUT2D eigenvalue weighted by Gasteiger charge is -2.14. The van der Waals surface area contributed by atoms with Gasteiger partial charge >= 0.3 is 0 Å². The number of halogens is 1. The summed E-state index contributed by atoms with van der Waals surface area (Å²) in [6.07, 6.45) is 0.661. The number of hydrogen-bond donors (Lipinski definition) is 2. The summed E-state index contributed by atoms with van der Waals surface area (Å²) in [5.74, 6) is 5.28. The van der Waals surface area contributed by atoms with Gasteiger partial charge in [0, 0.05) is 5.38 Å². The lowest BCUT2D eigenvalue weighted by atomic mass is 10.00. The van der Waals surface area contributed by atoms with Gasteiger partial charge in [-0.15, -0.1) is 5.10 Å². The normalized spacial score (nSPS) is 12.6. The molecule has 2 aromatic rings. The molecule has 0 saturated carbocycles. The molecule has 6 heteroatoms. The van der Waals surface area contributed by atoms with Crippen LogP contribution in [-0.2, 0) is 6.42 Å². The van der Waals surface area contributed by atoms with Gasteiger partial charge in [0.1, 0.15) is 5.82 Å². The number of hydrazine groups is 1. The molecule has 0 spiro atoms. The minimum Gasteiger partial charge on any atom is -0.271 e. The van der Waals surface area contributed by atoms with Crippen molar-refractivity contribution >= 4 is 11.5 Å². The van der Waals surface area contributed by atoms with Crippen molar-refractivity contribution in [2.45, 2.75) is 19.4 Å². The van der Waals surface area contributed by atoms with Crippen LogP contribution in [0.1, 0.15) is 22.9 Å². The standard InChI is InChI=1S/C11H13FN4S/c1-7-4-9(12)3-2-8(7)5-10(14-13)11-6-17-16-15-11/h2-4,6,10,14H,5,13H2,1H3. The number of nitrogens with zero attached hydrogens (tertiary/aromatic N) is 2. The molecule has 1 heterocycles. The Morgan fingerprint density at radius 3 is 2.94 bits per heavy atom. The topological polar surface area (TPSA) is 63.8 Å². The van der Waals surface area contributed by atoms with Gasteiger partial charge in [-0.1, -0.05) is 10.6 Å². The summed E-state index contributed by atoms with van der Waals surface area (Å²) in [6.45, 7) is 1.88. The lowest BCUT2D eigenvalue weighted by Crippen LogP contribution is -2.30.